The van der Waals surface area contributed by atoms with Gasteiger partial charge < -0.3 is 16.0 Å². The minimum atomic E-state index is -0.0442. The molecule has 0 aliphatic carbocycles. The van der Waals surface area contributed by atoms with Gasteiger partial charge in [-0.2, -0.15) is 0 Å². The summed E-state index contributed by atoms with van der Waals surface area (Å²) in [4.78, 5) is 24.9. The van der Waals surface area contributed by atoms with Gasteiger partial charge in [-0.3, -0.25) is 9.59 Å². The molecule has 5 heteroatoms. The van der Waals surface area contributed by atoms with Crippen LogP contribution >= 0.6 is 0 Å². The molecule has 1 aliphatic rings. The van der Waals surface area contributed by atoms with Crippen molar-refractivity contribution in [2.45, 2.75) is 25.7 Å². The summed E-state index contributed by atoms with van der Waals surface area (Å²) in [6, 6.07) is 7.10. The number of benzene rings is 1. The van der Waals surface area contributed by atoms with Gasteiger partial charge in [0.25, 0.3) is 0 Å². The molecule has 1 saturated heterocycles. The lowest BCUT2D eigenvalue weighted by Crippen LogP contribution is -2.26. The molecule has 1 heterocycles. The number of anilines is 2. The number of carbonyl (C=O) groups excluding carboxylic acids is 2. The quantitative estimate of drug-likeness (QED) is 0.791. The second kappa shape index (κ2) is 6.22. The van der Waals surface area contributed by atoms with Gasteiger partial charge in [-0.05, 0) is 31.0 Å². The van der Waals surface area contributed by atoms with Gasteiger partial charge in [0.15, 0.2) is 0 Å². The molecule has 0 unspecified atom stereocenters. The molecule has 0 saturated carbocycles. The second-order valence-electron chi connectivity index (χ2n) is 4.76. The van der Waals surface area contributed by atoms with E-state index >= 15 is 0 Å². The molecule has 0 spiro atoms. The highest BCUT2D eigenvalue weighted by atomic mass is 16.2. The Balaban J connectivity index is 1.71. The van der Waals surface area contributed by atoms with E-state index in [2.05, 4.69) is 5.32 Å². The van der Waals surface area contributed by atoms with E-state index in [0.717, 1.165) is 13.0 Å². The Morgan fingerprint density at radius 1 is 1.42 bits per heavy atom. The monoisotopic (exact) mass is 261 g/mol. The van der Waals surface area contributed by atoms with Crippen LogP contribution in [0, 0.1) is 0 Å². The first kappa shape index (κ1) is 13.4. The van der Waals surface area contributed by atoms with Crippen molar-refractivity contribution in [3.05, 3.63) is 24.3 Å². The first-order valence-corrected chi connectivity index (χ1v) is 6.58. The number of rotatable bonds is 5. The highest BCUT2D eigenvalue weighted by Gasteiger charge is 2.19. The summed E-state index contributed by atoms with van der Waals surface area (Å²) >= 11 is 0. The van der Waals surface area contributed by atoms with Crippen molar-refractivity contribution in [1.29, 1.82) is 0 Å². The van der Waals surface area contributed by atoms with Crippen LogP contribution in [-0.2, 0) is 9.59 Å². The van der Waals surface area contributed by atoms with Crippen LogP contribution in [0.1, 0.15) is 25.7 Å². The van der Waals surface area contributed by atoms with E-state index in [-0.39, 0.29) is 11.8 Å². The number of hydrogen-bond acceptors (Lipinski definition) is 3. The summed E-state index contributed by atoms with van der Waals surface area (Å²) in [6.07, 6.45) is 2.70. The van der Waals surface area contributed by atoms with E-state index in [4.69, 9.17) is 5.73 Å². The van der Waals surface area contributed by atoms with Crippen molar-refractivity contribution in [3.63, 3.8) is 0 Å². The van der Waals surface area contributed by atoms with Crippen LogP contribution in [0.3, 0.4) is 0 Å². The predicted octanol–water partition coefficient (Wildman–Crippen LogP) is 1.61. The fourth-order valence-corrected chi connectivity index (χ4v) is 2.21. The van der Waals surface area contributed by atoms with Crippen LogP contribution in [-0.4, -0.2) is 29.8 Å². The third-order valence-corrected chi connectivity index (χ3v) is 3.17. The number of hydrogen-bond donors (Lipinski definition) is 2. The van der Waals surface area contributed by atoms with Gasteiger partial charge >= 0.3 is 0 Å². The summed E-state index contributed by atoms with van der Waals surface area (Å²) < 4.78 is 0. The molecule has 19 heavy (non-hydrogen) atoms. The molecular formula is C14H19N3O2. The topological polar surface area (TPSA) is 75.4 Å². The van der Waals surface area contributed by atoms with Crippen LogP contribution in [0.5, 0.6) is 0 Å². The largest absolute Gasteiger partial charge is 0.399 e. The maximum Gasteiger partial charge on any atom is 0.224 e. The Labute approximate surface area is 112 Å². The maximum absolute atomic E-state index is 11.7. The van der Waals surface area contributed by atoms with Gasteiger partial charge in [-0.25, -0.2) is 0 Å². The Morgan fingerprint density at radius 3 is 2.95 bits per heavy atom. The first-order chi connectivity index (χ1) is 9.15. The zero-order valence-electron chi connectivity index (χ0n) is 10.9. The predicted molar refractivity (Wildman–Crippen MR) is 74.5 cm³/mol. The van der Waals surface area contributed by atoms with Crippen LogP contribution in [0.25, 0.3) is 0 Å². The molecular weight excluding hydrogens is 242 g/mol. The van der Waals surface area contributed by atoms with Crippen LogP contribution in [0.15, 0.2) is 24.3 Å². The van der Waals surface area contributed by atoms with E-state index in [0.29, 0.717) is 37.2 Å². The third-order valence-electron chi connectivity index (χ3n) is 3.17. The van der Waals surface area contributed by atoms with Crippen LogP contribution in [0.4, 0.5) is 11.4 Å². The average Bonchev–Trinajstić information content (AvgIpc) is 2.75. The summed E-state index contributed by atoms with van der Waals surface area (Å²) in [5, 5.41) is 2.80. The highest BCUT2D eigenvalue weighted by Crippen LogP contribution is 2.13. The number of carbonyl (C=O) groups is 2. The zero-order chi connectivity index (χ0) is 13.7. The van der Waals surface area contributed by atoms with E-state index < -0.39 is 0 Å². The zero-order valence-corrected chi connectivity index (χ0v) is 10.9. The maximum atomic E-state index is 11.7. The van der Waals surface area contributed by atoms with Crippen molar-refractivity contribution in [1.82, 2.24) is 4.90 Å². The minimum absolute atomic E-state index is 0.0442. The summed E-state index contributed by atoms with van der Waals surface area (Å²) in [7, 11) is 0. The van der Waals surface area contributed by atoms with Gasteiger partial charge in [0.05, 0.1) is 0 Å². The lowest BCUT2D eigenvalue weighted by molar-refractivity contribution is -0.128. The first-order valence-electron chi connectivity index (χ1n) is 6.58. The molecule has 0 bridgehead atoms. The van der Waals surface area contributed by atoms with Gasteiger partial charge in [0, 0.05) is 37.3 Å². The average molecular weight is 261 g/mol. The molecule has 1 aromatic rings. The van der Waals surface area contributed by atoms with E-state index in [1.807, 2.05) is 4.90 Å². The van der Waals surface area contributed by atoms with E-state index in [1.165, 1.54) is 0 Å². The summed E-state index contributed by atoms with van der Waals surface area (Å²) in [5.74, 6) is 0.161. The lowest BCUT2D eigenvalue weighted by atomic mass is 10.2. The Morgan fingerprint density at radius 2 is 2.26 bits per heavy atom. The van der Waals surface area contributed by atoms with Crippen molar-refractivity contribution < 1.29 is 9.59 Å². The fourth-order valence-electron chi connectivity index (χ4n) is 2.21. The molecule has 2 rings (SSSR count). The molecule has 1 aliphatic heterocycles. The standard InChI is InChI=1S/C14H19N3O2/c15-11-4-1-5-12(10-11)16-13(18)6-2-8-17-9-3-7-14(17)19/h1,4-5,10H,2-3,6-9,15H2,(H,16,18). The van der Waals surface area contributed by atoms with Crippen LogP contribution in [0.2, 0.25) is 0 Å². The van der Waals surface area contributed by atoms with Crippen molar-refractivity contribution in [2.75, 3.05) is 24.1 Å². The number of nitrogen functional groups attached to an aromatic ring is 1. The fraction of sp³-hybridized carbons (Fsp3) is 0.429. The number of likely N-dealkylation sites (tertiary alicyclic amines) is 1. The second-order valence-corrected chi connectivity index (χ2v) is 4.76. The summed E-state index contributed by atoms with van der Waals surface area (Å²) in [6.45, 7) is 1.50. The molecule has 0 aromatic heterocycles. The number of nitrogens with one attached hydrogen (secondary N) is 1. The smallest absolute Gasteiger partial charge is 0.224 e. The van der Waals surface area contributed by atoms with Crippen molar-refractivity contribution in [3.8, 4) is 0 Å². The molecule has 3 N–H and O–H groups in total. The van der Waals surface area contributed by atoms with E-state index in [9.17, 15) is 9.59 Å². The molecule has 2 amide bonds. The molecule has 0 radical (unpaired) electrons. The van der Waals surface area contributed by atoms with Gasteiger partial charge in [0.2, 0.25) is 11.8 Å². The number of nitrogens with two attached hydrogens (primary N) is 1. The van der Waals surface area contributed by atoms with Crippen molar-refractivity contribution in [2.24, 2.45) is 0 Å². The van der Waals surface area contributed by atoms with Gasteiger partial charge in [0.1, 0.15) is 0 Å². The Hall–Kier alpha value is -2.04. The molecule has 1 aromatic carbocycles. The molecule has 5 nitrogen and oxygen atoms in total. The normalized spacial score (nSPS) is 14.7. The minimum Gasteiger partial charge on any atom is -0.399 e. The number of nitrogens with zero attached hydrogens (tertiary/aromatic N) is 1. The van der Waals surface area contributed by atoms with Gasteiger partial charge in [-0.15, -0.1) is 0 Å². The number of amides is 2. The van der Waals surface area contributed by atoms with Gasteiger partial charge in [-0.1, -0.05) is 6.07 Å². The Kier molecular flexibility index (Phi) is 4.39. The summed E-state index contributed by atoms with van der Waals surface area (Å²) in [5.41, 5.74) is 6.97. The highest BCUT2D eigenvalue weighted by molar-refractivity contribution is 5.91. The van der Waals surface area contributed by atoms with Crippen molar-refractivity contribution >= 4 is 23.2 Å². The molecule has 102 valence electrons. The van der Waals surface area contributed by atoms with E-state index in [1.54, 1.807) is 24.3 Å². The molecule has 1 fully saturated rings. The third kappa shape index (κ3) is 3.98. The Bertz CT molecular complexity index is 474. The van der Waals surface area contributed by atoms with Crippen LogP contribution < -0.4 is 11.1 Å². The SMILES string of the molecule is Nc1cccc(NC(=O)CCCN2CCCC2=O)c1. The lowest BCUT2D eigenvalue weighted by Gasteiger charge is -2.14. The molecule has 0 atom stereocenters.